The van der Waals surface area contributed by atoms with Crippen molar-refractivity contribution >= 4 is 6.09 Å². The molecule has 0 N–H and O–H groups in total. The van der Waals surface area contributed by atoms with Crippen LogP contribution < -0.4 is 0 Å². The Kier molecular flexibility index (Phi) is 4.68. The number of nitrogens with zero attached hydrogens (tertiary/aromatic N) is 2. The van der Waals surface area contributed by atoms with Gasteiger partial charge < -0.3 is 9.64 Å². The van der Waals surface area contributed by atoms with E-state index in [0.717, 1.165) is 43.5 Å². The van der Waals surface area contributed by atoms with Crippen molar-refractivity contribution in [3.8, 4) is 0 Å². The van der Waals surface area contributed by atoms with Crippen molar-refractivity contribution in [2.75, 3.05) is 13.1 Å². The van der Waals surface area contributed by atoms with E-state index in [1.807, 2.05) is 35.2 Å². The van der Waals surface area contributed by atoms with E-state index < -0.39 is 0 Å². The zero-order valence-electron chi connectivity index (χ0n) is 14.5. The zero-order valence-corrected chi connectivity index (χ0v) is 14.5. The van der Waals surface area contributed by atoms with Crippen molar-refractivity contribution in [3.63, 3.8) is 0 Å². The maximum atomic E-state index is 12.4. The van der Waals surface area contributed by atoms with E-state index in [9.17, 15) is 4.79 Å². The molecule has 1 amide bonds. The average Bonchev–Trinajstić information content (AvgIpc) is 3.15. The number of carbonyl (C=O) groups excluding carboxylic acids is 1. The summed E-state index contributed by atoms with van der Waals surface area (Å²) in [6.07, 6.45) is 5.35. The third-order valence-electron chi connectivity index (χ3n) is 5.25. The third-order valence-corrected chi connectivity index (χ3v) is 5.25. The van der Waals surface area contributed by atoms with Crippen LogP contribution in [-0.2, 0) is 24.2 Å². The van der Waals surface area contributed by atoms with Crippen LogP contribution in [0.3, 0.4) is 0 Å². The molecule has 1 aromatic heterocycles. The molecule has 1 saturated heterocycles. The highest BCUT2D eigenvalue weighted by atomic mass is 16.6. The smallest absolute Gasteiger partial charge is 0.410 e. The number of piperidine rings is 1. The van der Waals surface area contributed by atoms with E-state index in [1.54, 1.807) is 0 Å². The second-order valence-electron chi connectivity index (χ2n) is 7.02. The molecule has 4 rings (SSSR count). The molecule has 2 aromatic rings. The van der Waals surface area contributed by atoms with E-state index in [4.69, 9.17) is 9.72 Å². The summed E-state index contributed by atoms with van der Waals surface area (Å²) in [6.45, 7) is 1.81. The fourth-order valence-corrected chi connectivity index (χ4v) is 3.86. The highest BCUT2D eigenvalue weighted by molar-refractivity contribution is 5.67. The second kappa shape index (κ2) is 7.26. The van der Waals surface area contributed by atoms with Crippen LogP contribution in [-0.4, -0.2) is 29.1 Å². The molecule has 130 valence electrons. The number of aryl methyl sites for hydroxylation is 2. The number of pyridine rings is 1. The summed E-state index contributed by atoms with van der Waals surface area (Å²) >= 11 is 0. The minimum absolute atomic E-state index is 0.213. The Hall–Kier alpha value is -2.36. The Morgan fingerprint density at radius 3 is 2.88 bits per heavy atom. The molecule has 1 aromatic carbocycles. The summed E-state index contributed by atoms with van der Waals surface area (Å²) in [7, 11) is 0. The highest BCUT2D eigenvalue weighted by Gasteiger charge is 2.27. The molecular formula is C21H24N2O2. The van der Waals surface area contributed by atoms with Gasteiger partial charge in [0.05, 0.1) is 0 Å². The summed E-state index contributed by atoms with van der Waals surface area (Å²) in [4.78, 5) is 19.1. The van der Waals surface area contributed by atoms with Crippen molar-refractivity contribution in [2.45, 2.75) is 44.6 Å². The van der Waals surface area contributed by atoms with Gasteiger partial charge in [0.1, 0.15) is 6.61 Å². The van der Waals surface area contributed by atoms with Crippen LogP contribution in [0.25, 0.3) is 0 Å². The van der Waals surface area contributed by atoms with Gasteiger partial charge in [0, 0.05) is 30.4 Å². The topological polar surface area (TPSA) is 42.4 Å². The van der Waals surface area contributed by atoms with E-state index in [1.165, 1.54) is 17.7 Å². The van der Waals surface area contributed by atoms with Gasteiger partial charge in [0.25, 0.3) is 0 Å². The second-order valence-corrected chi connectivity index (χ2v) is 7.02. The molecule has 0 saturated carbocycles. The molecule has 2 heterocycles. The summed E-state index contributed by atoms with van der Waals surface area (Å²) in [5.74, 6) is 0.323. The Morgan fingerprint density at radius 1 is 1.12 bits per heavy atom. The number of aromatic nitrogens is 1. The standard InChI is InChI=1S/C21H24N2O2/c24-21(25-15-16-6-2-1-3-7-16)23-13-5-9-18(14-23)20-12-11-17-8-4-10-19(17)22-20/h1-3,6-7,11-12,18H,4-5,8-10,13-15H2. The third kappa shape index (κ3) is 3.68. The lowest BCUT2D eigenvalue weighted by Gasteiger charge is -2.32. The van der Waals surface area contributed by atoms with Crippen molar-refractivity contribution < 1.29 is 9.53 Å². The predicted molar refractivity (Wildman–Crippen MR) is 96.4 cm³/mol. The van der Waals surface area contributed by atoms with Gasteiger partial charge in [0.2, 0.25) is 0 Å². The summed E-state index contributed by atoms with van der Waals surface area (Å²) in [6, 6.07) is 14.2. The van der Waals surface area contributed by atoms with Crippen LogP contribution in [0.5, 0.6) is 0 Å². The lowest BCUT2D eigenvalue weighted by Crippen LogP contribution is -2.39. The Balaban J connectivity index is 1.38. The minimum atomic E-state index is -0.213. The van der Waals surface area contributed by atoms with Crippen LogP contribution in [0.2, 0.25) is 0 Å². The first-order chi connectivity index (χ1) is 12.3. The van der Waals surface area contributed by atoms with Gasteiger partial charge >= 0.3 is 6.09 Å². The first kappa shape index (κ1) is 16.1. The van der Waals surface area contributed by atoms with Crippen LogP contribution in [0.15, 0.2) is 42.5 Å². The number of ether oxygens (including phenoxy) is 1. The molecule has 25 heavy (non-hydrogen) atoms. The normalized spacial score (nSPS) is 19.5. The number of hydrogen-bond donors (Lipinski definition) is 0. The molecule has 1 unspecified atom stereocenters. The molecule has 2 aliphatic rings. The largest absolute Gasteiger partial charge is 0.445 e. The molecule has 4 heteroatoms. The van der Waals surface area contributed by atoms with Gasteiger partial charge in [-0.15, -0.1) is 0 Å². The number of hydrogen-bond acceptors (Lipinski definition) is 3. The lowest BCUT2D eigenvalue weighted by molar-refractivity contribution is 0.0856. The van der Waals surface area contributed by atoms with Crippen LogP contribution in [0.4, 0.5) is 4.79 Å². The molecule has 0 spiro atoms. The summed E-state index contributed by atoms with van der Waals surface area (Å²) in [5.41, 5.74) is 4.82. The van der Waals surface area contributed by atoms with Crippen LogP contribution >= 0.6 is 0 Å². The summed E-state index contributed by atoms with van der Waals surface area (Å²) in [5, 5.41) is 0. The number of fused-ring (bicyclic) bond motifs is 1. The monoisotopic (exact) mass is 336 g/mol. The molecule has 1 aliphatic carbocycles. The van der Waals surface area contributed by atoms with Crippen LogP contribution in [0.1, 0.15) is 47.7 Å². The average molecular weight is 336 g/mol. The minimum Gasteiger partial charge on any atom is -0.445 e. The fraction of sp³-hybridized carbons (Fsp3) is 0.429. The van der Waals surface area contributed by atoms with E-state index in [-0.39, 0.29) is 6.09 Å². The molecule has 0 radical (unpaired) electrons. The molecule has 1 aliphatic heterocycles. The molecule has 1 atom stereocenters. The van der Waals surface area contributed by atoms with E-state index in [2.05, 4.69) is 12.1 Å². The Bertz CT molecular complexity index is 745. The molecular weight excluding hydrogens is 312 g/mol. The van der Waals surface area contributed by atoms with Crippen molar-refractivity contribution in [1.82, 2.24) is 9.88 Å². The SMILES string of the molecule is O=C(OCc1ccccc1)N1CCCC(c2ccc3c(n2)CCC3)C1. The van der Waals surface area contributed by atoms with Crippen LogP contribution in [0, 0.1) is 0 Å². The highest BCUT2D eigenvalue weighted by Crippen LogP contribution is 2.29. The van der Waals surface area contributed by atoms with Gasteiger partial charge in [-0.2, -0.15) is 0 Å². The van der Waals surface area contributed by atoms with Gasteiger partial charge in [-0.1, -0.05) is 36.4 Å². The maximum Gasteiger partial charge on any atom is 0.410 e. The van der Waals surface area contributed by atoms with Crippen molar-refractivity contribution in [3.05, 3.63) is 65.0 Å². The number of amides is 1. The number of benzene rings is 1. The van der Waals surface area contributed by atoms with Gasteiger partial charge in [-0.3, -0.25) is 4.98 Å². The number of carbonyl (C=O) groups is 1. The van der Waals surface area contributed by atoms with Crippen molar-refractivity contribution in [2.24, 2.45) is 0 Å². The quantitative estimate of drug-likeness (QED) is 0.848. The summed E-state index contributed by atoms with van der Waals surface area (Å²) < 4.78 is 5.49. The van der Waals surface area contributed by atoms with E-state index in [0.29, 0.717) is 19.1 Å². The first-order valence-corrected chi connectivity index (χ1v) is 9.24. The molecule has 0 bridgehead atoms. The number of likely N-dealkylation sites (tertiary alicyclic amines) is 1. The Labute approximate surface area is 148 Å². The number of rotatable bonds is 3. The fourth-order valence-electron chi connectivity index (χ4n) is 3.86. The zero-order chi connectivity index (χ0) is 17.1. The predicted octanol–water partition coefficient (Wildman–Crippen LogP) is 4.09. The van der Waals surface area contributed by atoms with Gasteiger partial charge in [-0.25, -0.2) is 4.79 Å². The lowest BCUT2D eigenvalue weighted by atomic mass is 9.94. The van der Waals surface area contributed by atoms with Gasteiger partial charge in [0.15, 0.2) is 0 Å². The van der Waals surface area contributed by atoms with Gasteiger partial charge in [-0.05, 0) is 49.3 Å². The molecule has 4 nitrogen and oxygen atoms in total. The molecule has 1 fully saturated rings. The Morgan fingerprint density at radius 2 is 2.00 bits per heavy atom. The maximum absolute atomic E-state index is 12.4. The first-order valence-electron chi connectivity index (χ1n) is 9.24. The van der Waals surface area contributed by atoms with Crippen molar-refractivity contribution in [1.29, 1.82) is 0 Å². The van der Waals surface area contributed by atoms with E-state index >= 15 is 0 Å².